The van der Waals surface area contributed by atoms with Gasteiger partial charge >= 0.3 is 6.09 Å². The van der Waals surface area contributed by atoms with Crippen molar-refractivity contribution in [2.75, 3.05) is 33.7 Å². The van der Waals surface area contributed by atoms with E-state index in [1.54, 1.807) is 4.90 Å². The van der Waals surface area contributed by atoms with E-state index in [-0.39, 0.29) is 12.0 Å². The predicted octanol–water partition coefficient (Wildman–Crippen LogP) is 1.38. The first kappa shape index (κ1) is 19.2. The number of aromatic amines is 1. The molecule has 2 amide bonds. The van der Waals surface area contributed by atoms with E-state index < -0.39 is 5.60 Å². The molecule has 0 aliphatic carbocycles. The molecule has 0 spiro atoms. The van der Waals surface area contributed by atoms with E-state index in [1.165, 1.54) is 0 Å². The van der Waals surface area contributed by atoms with Crippen LogP contribution in [0.3, 0.4) is 0 Å². The van der Waals surface area contributed by atoms with E-state index in [0.29, 0.717) is 31.7 Å². The first-order chi connectivity index (χ1) is 11.7. The predicted molar refractivity (Wildman–Crippen MR) is 94.4 cm³/mol. The lowest BCUT2D eigenvalue weighted by molar-refractivity contribution is 0.0221. The number of hydrogen-bond acceptors (Lipinski definition) is 5. The van der Waals surface area contributed by atoms with Crippen molar-refractivity contribution in [3.8, 4) is 0 Å². The minimum atomic E-state index is -0.525. The van der Waals surface area contributed by atoms with Crippen LogP contribution in [0.25, 0.3) is 0 Å². The Morgan fingerprint density at radius 1 is 1.36 bits per heavy atom. The maximum atomic E-state index is 12.3. The zero-order valence-electron chi connectivity index (χ0n) is 15.8. The highest BCUT2D eigenvalue weighted by atomic mass is 16.6. The standard InChI is InChI=1S/C17H29N5O3/c1-17(2,3)25-16(24)22-10-7-12-13(11-22)19-20-14(12)15(23)18-8-6-9-21(4)5/h6-11H2,1-5H3,(H,18,23)(H,19,20). The summed E-state index contributed by atoms with van der Waals surface area (Å²) < 4.78 is 5.40. The lowest BCUT2D eigenvalue weighted by Crippen LogP contribution is -2.40. The summed E-state index contributed by atoms with van der Waals surface area (Å²) in [4.78, 5) is 28.2. The van der Waals surface area contributed by atoms with E-state index in [4.69, 9.17) is 4.74 Å². The smallest absolute Gasteiger partial charge is 0.410 e. The van der Waals surface area contributed by atoms with E-state index in [9.17, 15) is 9.59 Å². The summed E-state index contributed by atoms with van der Waals surface area (Å²) in [6.07, 6.45) is 1.13. The van der Waals surface area contributed by atoms with E-state index in [0.717, 1.165) is 24.2 Å². The van der Waals surface area contributed by atoms with E-state index >= 15 is 0 Å². The number of carbonyl (C=O) groups is 2. The third-order valence-electron chi connectivity index (χ3n) is 3.87. The molecule has 2 rings (SSSR count). The summed E-state index contributed by atoms with van der Waals surface area (Å²) in [6, 6.07) is 0. The van der Waals surface area contributed by atoms with Gasteiger partial charge in [0.05, 0.1) is 12.2 Å². The fourth-order valence-electron chi connectivity index (χ4n) is 2.67. The van der Waals surface area contributed by atoms with Crippen LogP contribution in [0.2, 0.25) is 0 Å². The quantitative estimate of drug-likeness (QED) is 0.782. The fraction of sp³-hybridized carbons (Fsp3) is 0.706. The molecular weight excluding hydrogens is 322 g/mol. The van der Waals surface area contributed by atoms with Crippen LogP contribution in [-0.2, 0) is 17.7 Å². The first-order valence-electron chi connectivity index (χ1n) is 8.64. The number of amides is 2. The Labute approximate surface area is 148 Å². The Bertz CT molecular complexity index is 618. The van der Waals surface area contributed by atoms with E-state index in [1.807, 2.05) is 34.9 Å². The van der Waals surface area contributed by atoms with Gasteiger partial charge in [0.1, 0.15) is 5.60 Å². The highest BCUT2D eigenvalue weighted by Gasteiger charge is 2.29. The molecule has 1 aromatic rings. The Balaban J connectivity index is 1.93. The number of nitrogens with one attached hydrogen (secondary N) is 2. The zero-order chi connectivity index (χ0) is 18.6. The molecule has 140 valence electrons. The van der Waals surface area contributed by atoms with Gasteiger partial charge in [0.2, 0.25) is 0 Å². The van der Waals surface area contributed by atoms with Crippen LogP contribution in [0.4, 0.5) is 4.79 Å². The first-order valence-corrected chi connectivity index (χ1v) is 8.64. The van der Waals surface area contributed by atoms with Crippen molar-refractivity contribution in [2.24, 2.45) is 0 Å². The third-order valence-corrected chi connectivity index (χ3v) is 3.87. The summed E-state index contributed by atoms with van der Waals surface area (Å²) in [5, 5.41) is 9.95. The van der Waals surface area contributed by atoms with Gasteiger partial charge in [-0.05, 0) is 54.3 Å². The Morgan fingerprint density at radius 2 is 2.08 bits per heavy atom. The van der Waals surface area contributed by atoms with E-state index in [2.05, 4.69) is 20.4 Å². The van der Waals surface area contributed by atoms with Crippen LogP contribution >= 0.6 is 0 Å². The van der Waals surface area contributed by atoms with Crippen molar-refractivity contribution in [1.29, 1.82) is 0 Å². The van der Waals surface area contributed by atoms with Crippen molar-refractivity contribution in [3.05, 3.63) is 17.0 Å². The number of rotatable bonds is 5. The molecule has 0 fully saturated rings. The van der Waals surface area contributed by atoms with Crippen LogP contribution in [0, 0.1) is 0 Å². The van der Waals surface area contributed by atoms with Crippen LogP contribution in [0.15, 0.2) is 0 Å². The molecule has 1 aliphatic rings. The normalized spacial score (nSPS) is 14.4. The summed E-state index contributed by atoms with van der Waals surface area (Å²) in [5.74, 6) is -0.165. The highest BCUT2D eigenvalue weighted by molar-refractivity contribution is 5.94. The monoisotopic (exact) mass is 351 g/mol. The zero-order valence-corrected chi connectivity index (χ0v) is 15.8. The van der Waals surface area contributed by atoms with Gasteiger partial charge in [0, 0.05) is 18.7 Å². The molecule has 0 aromatic carbocycles. The second-order valence-corrected chi connectivity index (χ2v) is 7.59. The molecule has 25 heavy (non-hydrogen) atoms. The fourth-order valence-corrected chi connectivity index (χ4v) is 2.67. The lowest BCUT2D eigenvalue weighted by atomic mass is 10.0. The molecule has 0 atom stereocenters. The van der Waals surface area contributed by atoms with Gasteiger partial charge in [0.15, 0.2) is 5.69 Å². The van der Waals surface area contributed by atoms with Crippen molar-refractivity contribution in [1.82, 2.24) is 25.3 Å². The number of carbonyl (C=O) groups excluding carboxylic acids is 2. The van der Waals surface area contributed by atoms with Crippen molar-refractivity contribution < 1.29 is 14.3 Å². The summed E-state index contributed by atoms with van der Waals surface area (Å²) in [6.45, 7) is 7.96. The number of fused-ring (bicyclic) bond motifs is 1. The van der Waals surface area contributed by atoms with Crippen LogP contribution in [0.1, 0.15) is 48.9 Å². The van der Waals surface area contributed by atoms with Gasteiger partial charge in [-0.15, -0.1) is 0 Å². The minimum Gasteiger partial charge on any atom is -0.444 e. The van der Waals surface area contributed by atoms with Gasteiger partial charge in [-0.1, -0.05) is 0 Å². The van der Waals surface area contributed by atoms with Gasteiger partial charge < -0.3 is 19.9 Å². The molecule has 8 heteroatoms. The van der Waals surface area contributed by atoms with Crippen LogP contribution in [-0.4, -0.2) is 71.3 Å². The molecule has 1 aliphatic heterocycles. The lowest BCUT2D eigenvalue weighted by Gasteiger charge is -2.29. The van der Waals surface area contributed by atoms with Crippen LogP contribution < -0.4 is 5.32 Å². The average molecular weight is 351 g/mol. The largest absolute Gasteiger partial charge is 0.444 e. The summed E-state index contributed by atoms with van der Waals surface area (Å²) in [7, 11) is 4.00. The van der Waals surface area contributed by atoms with Gasteiger partial charge in [-0.25, -0.2) is 4.79 Å². The second kappa shape index (κ2) is 7.86. The van der Waals surface area contributed by atoms with Crippen molar-refractivity contribution >= 4 is 12.0 Å². The number of nitrogens with zero attached hydrogens (tertiary/aromatic N) is 3. The molecule has 8 nitrogen and oxygen atoms in total. The molecule has 0 unspecified atom stereocenters. The summed E-state index contributed by atoms with van der Waals surface area (Å²) in [5.41, 5.74) is 1.60. The van der Waals surface area contributed by atoms with Crippen LogP contribution in [0.5, 0.6) is 0 Å². The average Bonchev–Trinajstić information content (AvgIpc) is 2.92. The third kappa shape index (κ3) is 5.45. The Morgan fingerprint density at radius 3 is 2.72 bits per heavy atom. The Hall–Kier alpha value is -2.09. The summed E-state index contributed by atoms with van der Waals surface area (Å²) >= 11 is 0. The minimum absolute atomic E-state index is 0.165. The maximum Gasteiger partial charge on any atom is 0.410 e. The topological polar surface area (TPSA) is 90.6 Å². The van der Waals surface area contributed by atoms with Gasteiger partial charge in [-0.3, -0.25) is 9.89 Å². The molecule has 0 saturated heterocycles. The number of hydrogen-bond donors (Lipinski definition) is 2. The number of aromatic nitrogens is 2. The van der Waals surface area contributed by atoms with Crippen molar-refractivity contribution in [2.45, 2.75) is 45.8 Å². The molecule has 0 saturated carbocycles. The highest BCUT2D eigenvalue weighted by Crippen LogP contribution is 2.22. The number of H-pyrrole nitrogens is 1. The second-order valence-electron chi connectivity index (χ2n) is 7.59. The molecule has 2 heterocycles. The molecule has 1 aromatic heterocycles. The van der Waals surface area contributed by atoms with Gasteiger partial charge in [0.25, 0.3) is 5.91 Å². The molecule has 0 radical (unpaired) electrons. The molecular formula is C17H29N5O3. The number of ether oxygens (including phenoxy) is 1. The van der Waals surface area contributed by atoms with Crippen molar-refractivity contribution in [3.63, 3.8) is 0 Å². The molecule has 0 bridgehead atoms. The van der Waals surface area contributed by atoms with Gasteiger partial charge in [-0.2, -0.15) is 5.10 Å². The SMILES string of the molecule is CN(C)CCCNC(=O)c1n[nH]c2c1CCN(C(=O)OC(C)(C)C)C2. The maximum absolute atomic E-state index is 12.3. The Kier molecular flexibility index (Phi) is 6.05. The molecule has 2 N–H and O–H groups in total.